The van der Waals surface area contributed by atoms with Crippen LogP contribution in [0.25, 0.3) is 0 Å². The van der Waals surface area contributed by atoms with Crippen molar-refractivity contribution in [3.63, 3.8) is 0 Å². The second-order valence-electron chi connectivity index (χ2n) is 4.10. The van der Waals surface area contributed by atoms with E-state index < -0.39 is 0 Å². The Balaban J connectivity index is 2.87. The molecule has 1 aromatic carbocycles. The Hall–Kier alpha value is -1.53. The SMILES string of the molecule is COc1ccc(C(C)C(C#N)N(C)C)cc1. The molecule has 0 saturated carbocycles. The molecule has 0 spiro atoms. The fraction of sp³-hybridized carbons (Fsp3) is 0.462. The van der Waals surface area contributed by atoms with Crippen molar-refractivity contribution in [1.82, 2.24) is 4.90 Å². The van der Waals surface area contributed by atoms with Gasteiger partial charge in [0.25, 0.3) is 0 Å². The van der Waals surface area contributed by atoms with E-state index in [2.05, 4.69) is 13.0 Å². The van der Waals surface area contributed by atoms with Crippen LogP contribution in [0, 0.1) is 11.3 Å². The lowest BCUT2D eigenvalue weighted by Crippen LogP contribution is -2.31. The first-order valence-electron chi connectivity index (χ1n) is 5.30. The van der Waals surface area contributed by atoms with Crippen molar-refractivity contribution in [3.05, 3.63) is 29.8 Å². The van der Waals surface area contributed by atoms with Gasteiger partial charge in [-0.15, -0.1) is 0 Å². The average molecular weight is 218 g/mol. The number of methoxy groups -OCH3 is 1. The lowest BCUT2D eigenvalue weighted by molar-refractivity contribution is 0.316. The van der Waals surface area contributed by atoms with Crippen LogP contribution in [-0.2, 0) is 0 Å². The van der Waals surface area contributed by atoms with E-state index in [9.17, 15) is 0 Å². The van der Waals surface area contributed by atoms with Gasteiger partial charge < -0.3 is 4.74 Å². The number of hydrogen-bond donors (Lipinski definition) is 0. The molecule has 3 nitrogen and oxygen atoms in total. The molecule has 0 amide bonds. The van der Waals surface area contributed by atoms with E-state index in [1.165, 1.54) is 0 Å². The molecule has 0 bridgehead atoms. The summed E-state index contributed by atoms with van der Waals surface area (Å²) >= 11 is 0. The number of likely N-dealkylation sites (N-methyl/N-ethyl adjacent to an activating group) is 1. The minimum Gasteiger partial charge on any atom is -0.497 e. The summed E-state index contributed by atoms with van der Waals surface area (Å²) in [6.07, 6.45) is 0. The van der Waals surface area contributed by atoms with Crippen molar-refractivity contribution < 1.29 is 4.74 Å². The Kier molecular flexibility index (Phi) is 4.33. The molecule has 1 aromatic rings. The molecule has 0 aliphatic heterocycles. The zero-order valence-electron chi connectivity index (χ0n) is 10.3. The maximum atomic E-state index is 9.11. The van der Waals surface area contributed by atoms with Gasteiger partial charge in [-0.3, -0.25) is 4.90 Å². The van der Waals surface area contributed by atoms with Crippen molar-refractivity contribution in [2.24, 2.45) is 0 Å². The molecule has 2 atom stereocenters. The summed E-state index contributed by atoms with van der Waals surface area (Å²) < 4.78 is 5.11. The molecule has 3 heteroatoms. The van der Waals surface area contributed by atoms with E-state index in [0.29, 0.717) is 0 Å². The van der Waals surface area contributed by atoms with Gasteiger partial charge in [0.05, 0.1) is 13.2 Å². The second-order valence-corrected chi connectivity index (χ2v) is 4.10. The smallest absolute Gasteiger partial charge is 0.118 e. The van der Waals surface area contributed by atoms with Crippen LogP contribution in [-0.4, -0.2) is 32.1 Å². The van der Waals surface area contributed by atoms with Gasteiger partial charge in [0.1, 0.15) is 11.8 Å². The summed E-state index contributed by atoms with van der Waals surface area (Å²) in [5.41, 5.74) is 1.15. The normalized spacial score (nSPS) is 14.2. The van der Waals surface area contributed by atoms with Crippen molar-refractivity contribution >= 4 is 0 Å². The third kappa shape index (κ3) is 2.74. The van der Waals surface area contributed by atoms with Gasteiger partial charge in [-0.25, -0.2) is 0 Å². The third-order valence-corrected chi connectivity index (χ3v) is 2.80. The Labute approximate surface area is 97.3 Å². The Morgan fingerprint density at radius 1 is 1.25 bits per heavy atom. The number of nitrogens with zero attached hydrogens (tertiary/aromatic N) is 2. The van der Waals surface area contributed by atoms with Gasteiger partial charge in [0.2, 0.25) is 0 Å². The molecule has 0 aromatic heterocycles. The molecule has 0 aliphatic rings. The number of hydrogen-bond acceptors (Lipinski definition) is 3. The van der Waals surface area contributed by atoms with Crippen molar-refractivity contribution in [1.29, 1.82) is 5.26 Å². The molecule has 86 valence electrons. The zero-order chi connectivity index (χ0) is 12.1. The topological polar surface area (TPSA) is 36.3 Å². The average Bonchev–Trinajstić information content (AvgIpc) is 2.29. The predicted octanol–water partition coefficient (Wildman–Crippen LogP) is 2.25. The summed E-state index contributed by atoms with van der Waals surface area (Å²) in [4.78, 5) is 1.94. The highest BCUT2D eigenvalue weighted by molar-refractivity contribution is 5.30. The molecular weight excluding hydrogens is 200 g/mol. The minimum absolute atomic E-state index is 0.103. The highest BCUT2D eigenvalue weighted by Gasteiger charge is 2.20. The van der Waals surface area contributed by atoms with E-state index in [1.54, 1.807) is 7.11 Å². The molecule has 1 rings (SSSR count). The molecule has 0 fully saturated rings. The maximum absolute atomic E-state index is 9.11. The number of rotatable bonds is 4. The predicted molar refractivity (Wildman–Crippen MR) is 64.5 cm³/mol. The van der Waals surface area contributed by atoms with E-state index in [-0.39, 0.29) is 12.0 Å². The first kappa shape index (κ1) is 12.5. The van der Waals surface area contributed by atoms with Gasteiger partial charge in [-0.05, 0) is 31.8 Å². The monoisotopic (exact) mass is 218 g/mol. The molecule has 0 saturated heterocycles. The van der Waals surface area contributed by atoms with Gasteiger partial charge in [0, 0.05) is 5.92 Å². The van der Waals surface area contributed by atoms with Gasteiger partial charge in [-0.1, -0.05) is 19.1 Å². The highest BCUT2D eigenvalue weighted by Crippen LogP contribution is 2.23. The highest BCUT2D eigenvalue weighted by atomic mass is 16.5. The van der Waals surface area contributed by atoms with Gasteiger partial charge in [-0.2, -0.15) is 5.26 Å². The zero-order valence-corrected chi connectivity index (χ0v) is 10.3. The molecule has 0 aliphatic carbocycles. The molecular formula is C13H18N2O. The standard InChI is InChI=1S/C13H18N2O/c1-10(13(9-14)15(2)3)11-5-7-12(16-4)8-6-11/h5-8,10,13H,1-4H3. The van der Waals surface area contributed by atoms with E-state index in [4.69, 9.17) is 10.00 Å². The first-order chi connectivity index (χ1) is 7.60. The maximum Gasteiger partial charge on any atom is 0.118 e. The fourth-order valence-corrected chi connectivity index (χ4v) is 1.76. The Morgan fingerprint density at radius 2 is 1.81 bits per heavy atom. The lowest BCUT2D eigenvalue weighted by Gasteiger charge is -2.24. The molecule has 16 heavy (non-hydrogen) atoms. The lowest BCUT2D eigenvalue weighted by atomic mass is 9.93. The summed E-state index contributed by atoms with van der Waals surface area (Å²) in [7, 11) is 5.50. The van der Waals surface area contributed by atoms with Crippen LogP contribution in [0.3, 0.4) is 0 Å². The largest absolute Gasteiger partial charge is 0.497 e. The summed E-state index contributed by atoms with van der Waals surface area (Å²) in [5.74, 6) is 1.03. The third-order valence-electron chi connectivity index (χ3n) is 2.80. The van der Waals surface area contributed by atoms with Crippen molar-refractivity contribution in [3.8, 4) is 11.8 Å². The number of ether oxygens (including phenoxy) is 1. The van der Waals surface area contributed by atoms with Gasteiger partial charge >= 0.3 is 0 Å². The van der Waals surface area contributed by atoms with Crippen LogP contribution < -0.4 is 4.74 Å². The molecule has 0 heterocycles. The summed E-state index contributed by atoms with van der Waals surface area (Å²) in [6, 6.07) is 10.1. The molecule has 0 radical (unpaired) electrons. The van der Waals surface area contributed by atoms with Crippen LogP contribution in [0.5, 0.6) is 5.75 Å². The van der Waals surface area contributed by atoms with Gasteiger partial charge in [0.15, 0.2) is 0 Å². The fourth-order valence-electron chi connectivity index (χ4n) is 1.76. The quantitative estimate of drug-likeness (QED) is 0.777. The molecule has 0 N–H and O–H groups in total. The first-order valence-corrected chi connectivity index (χ1v) is 5.30. The van der Waals surface area contributed by atoms with E-state index in [1.807, 2.05) is 43.3 Å². The van der Waals surface area contributed by atoms with Crippen LogP contribution in [0.2, 0.25) is 0 Å². The summed E-state index contributed by atoms with van der Waals surface area (Å²) in [6.45, 7) is 2.07. The second kappa shape index (κ2) is 5.53. The van der Waals surface area contributed by atoms with Crippen LogP contribution >= 0.6 is 0 Å². The Morgan fingerprint density at radius 3 is 2.19 bits per heavy atom. The van der Waals surface area contributed by atoms with Crippen LogP contribution in [0.1, 0.15) is 18.4 Å². The number of nitriles is 1. The van der Waals surface area contributed by atoms with E-state index in [0.717, 1.165) is 11.3 Å². The summed E-state index contributed by atoms with van der Waals surface area (Å²) in [5, 5.41) is 9.11. The number of benzene rings is 1. The van der Waals surface area contributed by atoms with Crippen LogP contribution in [0.15, 0.2) is 24.3 Å². The minimum atomic E-state index is -0.103. The van der Waals surface area contributed by atoms with Crippen molar-refractivity contribution in [2.45, 2.75) is 18.9 Å². The van der Waals surface area contributed by atoms with Crippen molar-refractivity contribution in [2.75, 3.05) is 21.2 Å². The molecule has 2 unspecified atom stereocenters. The van der Waals surface area contributed by atoms with E-state index >= 15 is 0 Å². The Bertz CT molecular complexity index is 365. The van der Waals surface area contributed by atoms with Crippen LogP contribution in [0.4, 0.5) is 0 Å².